The van der Waals surface area contributed by atoms with Crippen LogP contribution >= 0.6 is 0 Å². The van der Waals surface area contributed by atoms with Gasteiger partial charge in [-0.05, 0) is 103 Å². The Morgan fingerprint density at radius 2 is 1.29 bits per heavy atom. The summed E-state index contributed by atoms with van der Waals surface area (Å²) in [5, 5.41) is 12.2. The maximum Gasteiger partial charge on any atom is 0.0925 e. The minimum atomic E-state index is -0.745. The maximum absolute atomic E-state index is 12.2. The fraction of sp³-hybridized carbons (Fsp3) is 0.667. The standard InChI is InChI=1S/C30H50O/c1-9-23(5)13-16-27-21-28(17-14-24(6)10-2)30(31,20-19-26(8)12-4)29(22-27)18-15-25(7)11-3/h13-15,19,21,27,29,31H,9-12,16-18,20,22H2,1-8H3. The first-order valence-electron chi connectivity index (χ1n) is 12.8. The molecule has 1 rings (SSSR count). The van der Waals surface area contributed by atoms with Crippen LogP contribution in [-0.2, 0) is 0 Å². The van der Waals surface area contributed by atoms with Crippen LogP contribution < -0.4 is 0 Å². The van der Waals surface area contributed by atoms with Gasteiger partial charge in [0.25, 0.3) is 0 Å². The number of hydrogen-bond acceptors (Lipinski definition) is 1. The molecule has 1 heteroatoms. The van der Waals surface area contributed by atoms with E-state index in [1.165, 1.54) is 27.9 Å². The molecular weight excluding hydrogens is 376 g/mol. The zero-order chi connectivity index (χ0) is 23.4. The molecule has 0 aromatic rings. The fourth-order valence-corrected chi connectivity index (χ4v) is 4.20. The van der Waals surface area contributed by atoms with E-state index in [9.17, 15) is 5.11 Å². The minimum absolute atomic E-state index is 0.269. The van der Waals surface area contributed by atoms with Crippen molar-refractivity contribution in [2.45, 2.75) is 119 Å². The fourth-order valence-electron chi connectivity index (χ4n) is 4.20. The Labute approximate surface area is 194 Å². The van der Waals surface area contributed by atoms with Crippen molar-refractivity contribution in [2.75, 3.05) is 0 Å². The number of hydrogen-bond donors (Lipinski definition) is 1. The summed E-state index contributed by atoms with van der Waals surface area (Å²) >= 11 is 0. The third kappa shape index (κ3) is 8.97. The molecule has 176 valence electrons. The Balaban J connectivity index is 3.39. The van der Waals surface area contributed by atoms with Crippen molar-refractivity contribution in [1.82, 2.24) is 0 Å². The van der Waals surface area contributed by atoms with Crippen molar-refractivity contribution in [3.8, 4) is 0 Å². The van der Waals surface area contributed by atoms with Gasteiger partial charge in [-0.3, -0.25) is 0 Å². The zero-order valence-electron chi connectivity index (χ0n) is 21.9. The summed E-state index contributed by atoms with van der Waals surface area (Å²) in [7, 11) is 0. The molecule has 1 N–H and O–H groups in total. The second kappa shape index (κ2) is 13.9. The molecule has 0 radical (unpaired) electrons. The lowest BCUT2D eigenvalue weighted by Crippen LogP contribution is -2.43. The molecule has 1 aliphatic rings. The SMILES string of the molecule is CCC(C)=CCC1=CC(CC=C(C)CC)CC(CC=C(C)CC)C1(O)CC=C(C)CC. The van der Waals surface area contributed by atoms with E-state index in [4.69, 9.17) is 0 Å². The molecule has 3 atom stereocenters. The minimum Gasteiger partial charge on any atom is -0.385 e. The predicted octanol–water partition coefficient (Wildman–Crippen LogP) is 9.27. The van der Waals surface area contributed by atoms with Gasteiger partial charge < -0.3 is 5.11 Å². The van der Waals surface area contributed by atoms with Gasteiger partial charge in [0.1, 0.15) is 0 Å². The molecule has 1 aliphatic carbocycles. The Kier molecular flexibility index (Phi) is 12.5. The van der Waals surface area contributed by atoms with E-state index in [0.29, 0.717) is 5.92 Å². The first-order chi connectivity index (χ1) is 14.7. The van der Waals surface area contributed by atoms with Gasteiger partial charge in [0.15, 0.2) is 0 Å². The van der Waals surface area contributed by atoms with Crippen molar-refractivity contribution < 1.29 is 5.11 Å². The summed E-state index contributed by atoms with van der Waals surface area (Å²) in [4.78, 5) is 0. The van der Waals surface area contributed by atoms with Crippen molar-refractivity contribution in [3.63, 3.8) is 0 Å². The molecule has 0 saturated heterocycles. The van der Waals surface area contributed by atoms with Gasteiger partial charge in [-0.2, -0.15) is 0 Å². The smallest absolute Gasteiger partial charge is 0.0925 e. The van der Waals surface area contributed by atoms with Gasteiger partial charge in [0, 0.05) is 0 Å². The lowest BCUT2D eigenvalue weighted by atomic mass is 9.66. The molecule has 3 unspecified atom stereocenters. The van der Waals surface area contributed by atoms with Crippen LogP contribution in [0.15, 0.2) is 58.2 Å². The molecule has 0 heterocycles. The van der Waals surface area contributed by atoms with Crippen molar-refractivity contribution >= 4 is 0 Å². The second-order valence-corrected chi connectivity index (χ2v) is 9.80. The van der Waals surface area contributed by atoms with E-state index < -0.39 is 5.60 Å². The molecule has 1 nitrogen and oxygen atoms in total. The Morgan fingerprint density at radius 1 is 0.806 bits per heavy atom. The maximum atomic E-state index is 12.2. The highest BCUT2D eigenvalue weighted by atomic mass is 16.3. The number of allylic oxidation sites excluding steroid dienone is 8. The largest absolute Gasteiger partial charge is 0.385 e. The molecule has 0 aliphatic heterocycles. The van der Waals surface area contributed by atoms with Gasteiger partial charge in [0.05, 0.1) is 5.60 Å². The number of rotatable bonds is 12. The van der Waals surface area contributed by atoms with Gasteiger partial charge in [-0.1, -0.05) is 80.4 Å². The molecule has 0 amide bonds. The van der Waals surface area contributed by atoms with Crippen LogP contribution in [0.25, 0.3) is 0 Å². The van der Waals surface area contributed by atoms with Crippen LogP contribution in [0, 0.1) is 11.8 Å². The summed E-state index contributed by atoms with van der Waals surface area (Å²) in [5.41, 5.74) is 6.18. The van der Waals surface area contributed by atoms with Crippen molar-refractivity contribution in [2.24, 2.45) is 11.8 Å². The third-order valence-corrected chi connectivity index (χ3v) is 7.44. The van der Waals surface area contributed by atoms with Crippen LogP contribution in [0.4, 0.5) is 0 Å². The van der Waals surface area contributed by atoms with Gasteiger partial charge >= 0.3 is 0 Å². The average Bonchev–Trinajstić information content (AvgIpc) is 2.78. The lowest BCUT2D eigenvalue weighted by molar-refractivity contribution is 0.000924. The predicted molar refractivity (Wildman–Crippen MR) is 139 cm³/mol. The van der Waals surface area contributed by atoms with Crippen LogP contribution in [0.1, 0.15) is 113 Å². The summed E-state index contributed by atoms with van der Waals surface area (Å²) in [6.07, 6.45) is 20.9. The van der Waals surface area contributed by atoms with Crippen LogP contribution in [0.2, 0.25) is 0 Å². The molecule has 0 aromatic carbocycles. The Bertz CT molecular complexity index is 700. The second-order valence-electron chi connectivity index (χ2n) is 9.80. The summed E-state index contributed by atoms with van der Waals surface area (Å²) in [5.74, 6) is 0.786. The van der Waals surface area contributed by atoms with Crippen molar-refractivity contribution in [3.05, 3.63) is 58.2 Å². The van der Waals surface area contributed by atoms with Gasteiger partial charge in [-0.25, -0.2) is 0 Å². The molecule has 0 fully saturated rings. The lowest BCUT2D eigenvalue weighted by Gasteiger charge is -2.43. The first-order valence-corrected chi connectivity index (χ1v) is 12.8. The highest BCUT2D eigenvalue weighted by Crippen LogP contribution is 2.45. The van der Waals surface area contributed by atoms with Crippen molar-refractivity contribution in [1.29, 1.82) is 0 Å². The number of aliphatic hydroxyl groups is 1. The highest BCUT2D eigenvalue weighted by Gasteiger charge is 2.42. The zero-order valence-corrected chi connectivity index (χ0v) is 21.9. The summed E-state index contributed by atoms with van der Waals surface area (Å²) in [6, 6.07) is 0. The molecular formula is C30H50O. The molecule has 0 spiro atoms. The topological polar surface area (TPSA) is 20.2 Å². The molecule has 31 heavy (non-hydrogen) atoms. The van der Waals surface area contributed by atoms with E-state index in [0.717, 1.165) is 57.8 Å². The molecule has 0 saturated carbocycles. The summed E-state index contributed by atoms with van der Waals surface area (Å²) < 4.78 is 0. The molecule has 0 aromatic heterocycles. The Morgan fingerprint density at radius 3 is 1.84 bits per heavy atom. The van der Waals surface area contributed by atoms with Crippen LogP contribution in [0.3, 0.4) is 0 Å². The van der Waals surface area contributed by atoms with E-state index in [-0.39, 0.29) is 5.92 Å². The van der Waals surface area contributed by atoms with Gasteiger partial charge in [-0.15, -0.1) is 0 Å². The quantitative estimate of drug-likeness (QED) is 0.308. The molecule has 0 bridgehead atoms. The van der Waals surface area contributed by atoms with E-state index in [2.05, 4.69) is 85.8 Å². The van der Waals surface area contributed by atoms with Crippen LogP contribution in [0.5, 0.6) is 0 Å². The Hall–Kier alpha value is -1.34. The highest BCUT2D eigenvalue weighted by molar-refractivity contribution is 5.29. The monoisotopic (exact) mass is 426 g/mol. The van der Waals surface area contributed by atoms with Crippen LogP contribution in [-0.4, -0.2) is 10.7 Å². The van der Waals surface area contributed by atoms with Gasteiger partial charge in [0.2, 0.25) is 0 Å². The van der Waals surface area contributed by atoms with E-state index in [1.54, 1.807) is 0 Å². The average molecular weight is 427 g/mol. The third-order valence-electron chi connectivity index (χ3n) is 7.44. The first kappa shape index (κ1) is 27.7. The summed E-state index contributed by atoms with van der Waals surface area (Å²) in [6.45, 7) is 17.7. The van der Waals surface area contributed by atoms with E-state index >= 15 is 0 Å². The normalized spacial score (nSPS) is 26.3. The van der Waals surface area contributed by atoms with E-state index in [1.807, 2.05) is 0 Å².